The van der Waals surface area contributed by atoms with Crippen molar-refractivity contribution < 1.29 is 0 Å². The average Bonchev–Trinajstić information content (AvgIpc) is 1.85. The zero-order valence-corrected chi connectivity index (χ0v) is 8.23. The second-order valence-electron chi connectivity index (χ2n) is 2.76. The summed E-state index contributed by atoms with van der Waals surface area (Å²) >= 11 is 4.18. The van der Waals surface area contributed by atoms with Gasteiger partial charge in [-0.25, -0.2) is 0 Å². The molecule has 0 bridgehead atoms. The van der Waals surface area contributed by atoms with Crippen molar-refractivity contribution in [2.45, 2.75) is 19.9 Å². The summed E-state index contributed by atoms with van der Waals surface area (Å²) in [6.45, 7) is 6.47. The van der Waals surface area contributed by atoms with Crippen LogP contribution in [0.25, 0.3) is 0 Å². The first-order chi connectivity index (χ1) is 4.57. The second kappa shape index (κ2) is 4.99. The van der Waals surface area contributed by atoms with Crippen molar-refractivity contribution in [1.29, 1.82) is 0 Å². The van der Waals surface area contributed by atoms with Crippen LogP contribution in [0.2, 0.25) is 0 Å². The van der Waals surface area contributed by atoms with Crippen molar-refractivity contribution in [3.63, 3.8) is 0 Å². The number of hydrogen-bond donors (Lipinski definition) is 1. The van der Waals surface area contributed by atoms with Crippen LogP contribution in [0.15, 0.2) is 0 Å². The van der Waals surface area contributed by atoms with Crippen LogP contribution in [0.5, 0.6) is 0 Å². The monoisotopic (exact) mass is 162 g/mol. The maximum absolute atomic E-state index is 4.18. The average molecular weight is 162 g/mol. The highest BCUT2D eigenvalue weighted by molar-refractivity contribution is 7.77. The fourth-order valence-corrected chi connectivity index (χ4v) is 1.07. The Morgan fingerprint density at radius 2 is 1.90 bits per heavy atom. The molecule has 0 aromatic rings. The number of likely N-dealkylation sites (N-methyl/N-ethyl adjacent to an activating group) is 2. The van der Waals surface area contributed by atoms with E-state index in [2.05, 4.69) is 38.6 Å². The Kier molecular flexibility index (Phi) is 5.13. The minimum Gasteiger partial charge on any atom is -0.303 e. The van der Waals surface area contributed by atoms with Gasteiger partial charge in [-0.15, -0.1) is 0 Å². The summed E-state index contributed by atoms with van der Waals surface area (Å²) in [5, 5.41) is 0. The van der Waals surface area contributed by atoms with Crippen LogP contribution in [0.1, 0.15) is 13.8 Å². The molecule has 0 saturated carbocycles. The summed E-state index contributed by atoms with van der Waals surface area (Å²) in [5.41, 5.74) is 0. The molecule has 3 heteroatoms. The lowest BCUT2D eigenvalue weighted by atomic mass is 10.3. The Labute approximate surface area is 69.7 Å². The molecular weight excluding hydrogens is 144 g/mol. The van der Waals surface area contributed by atoms with Gasteiger partial charge in [0, 0.05) is 12.6 Å². The lowest BCUT2D eigenvalue weighted by Crippen LogP contribution is -2.35. The van der Waals surface area contributed by atoms with Gasteiger partial charge in [-0.05, 0) is 27.6 Å². The molecule has 0 N–H and O–H groups in total. The number of hydrogen-bond acceptors (Lipinski definition) is 3. The van der Waals surface area contributed by atoms with Gasteiger partial charge in [0.2, 0.25) is 0 Å². The van der Waals surface area contributed by atoms with Crippen molar-refractivity contribution in [3.8, 4) is 0 Å². The minimum atomic E-state index is 0.590. The van der Waals surface area contributed by atoms with Crippen molar-refractivity contribution in [1.82, 2.24) is 9.21 Å². The Morgan fingerprint density at radius 1 is 1.40 bits per heavy atom. The van der Waals surface area contributed by atoms with Crippen molar-refractivity contribution in [2.75, 3.05) is 27.2 Å². The van der Waals surface area contributed by atoms with Gasteiger partial charge in [0.05, 0.1) is 0 Å². The Balaban J connectivity index is 3.50. The molecule has 2 nitrogen and oxygen atoms in total. The zero-order valence-electron chi connectivity index (χ0n) is 7.33. The van der Waals surface area contributed by atoms with Crippen LogP contribution in [-0.4, -0.2) is 42.4 Å². The molecule has 0 aliphatic carbocycles. The largest absolute Gasteiger partial charge is 0.303 e. The Morgan fingerprint density at radius 3 is 2.20 bits per heavy atom. The molecule has 0 saturated heterocycles. The molecule has 10 heavy (non-hydrogen) atoms. The van der Waals surface area contributed by atoms with E-state index in [0.717, 1.165) is 13.1 Å². The molecule has 1 unspecified atom stereocenters. The number of rotatable bonds is 4. The predicted octanol–water partition coefficient (Wildman–Crippen LogP) is 1.10. The van der Waals surface area contributed by atoms with Gasteiger partial charge in [0.25, 0.3) is 0 Å². The van der Waals surface area contributed by atoms with Gasteiger partial charge in [-0.2, -0.15) is 0 Å². The maximum atomic E-state index is 4.18. The molecule has 0 aromatic carbocycles. The minimum absolute atomic E-state index is 0.590. The van der Waals surface area contributed by atoms with E-state index < -0.39 is 0 Å². The van der Waals surface area contributed by atoms with Crippen LogP contribution in [0.4, 0.5) is 0 Å². The lowest BCUT2D eigenvalue weighted by Gasteiger charge is -2.25. The first-order valence-electron chi connectivity index (χ1n) is 3.68. The SMILES string of the molecule is CCN(C)C(C)CN(C)S. The van der Waals surface area contributed by atoms with Crippen LogP contribution in [-0.2, 0) is 0 Å². The van der Waals surface area contributed by atoms with Gasteiger partial charge in [-0.3, -0.25) is 4.31 Å². The van der Waals surface area contributed by atoms with E-state index in [-0.39, 0.29) is 0 Å². The summed E-state index contributed by atoms with van der Waals surface area (Å²) in [4.78, 5) is 2.30. The van der Waals surface area contributed by atoms with Crippen molar-refractivity contribution in [3.05, 3.63) is 0 Å². The second-order valence-corrected chi connectivity index (χ2v) is 3.45. The fourth-order valence-electron chi connectivity index (χ4n) is 0.833. The summed E-state index contributed by atoms with van der Waals surface area (Å²) in [6, 6.07) is 0.590. The predicted molar refractivity (Wildman–Crippen MR) is 49.4 cm³/mol. The third-order valence-corrected chi connectivity index (χ3v) is 1.94. The molecule has 0 aromatic heterocycles. The summed E-state index contributed by atoms with van der Waals surface area (Å²) in [5.74, 6) is 0. The molecule has 0 rings (SSSR count). The Bertz CT molecular complexity index is 85.7. The highest BCUT2D eigenvalue weighted by Gasteiger charge is 2.07. The summed E-state index contributed by atoms with van der Waals surface area (Å²) in [7, 11) is 4.10. The van der Waals surface area contributed by atoms with E-state index in [1.165, 1.54) is 0 Å². The smallest absolute Gasteiger partial charge is 0.0237 e. The molecule has 0 fully saturated rings. The fraction of sp³-hybridized carbons (Fsp3) is 1.00. The Hall–Kier alpha value is 0.270. The summed E-state index contributed by atoms with van der Waals surface area (Å²) < 4.78 is 1.91. The highest BCUT2D eigenvalue weighted by Crippen LogP contribution is 1.98. The topological polar surface area (TPSA) is 6.48 Å². The normalized spacial score (nSPS) is 14.7. The highest BCUT2D eigenvalue weighted by atomic mass is 32.1. The van der Waals surface area contributed by atoms with Gasteiger partial charge >= 0.3 is 0 Å². The third kappa shape index (κ3) is 4.14. The molecule has 0 aliphatic heterocycles. The van der Waals surface area contributed by atoms with Gasteiger partial charge in [0.1, 0.15) is 0 Å². The van der Waals surface area contributed by atoms with E-state index in [0.29, 0.717) is 6.04 Å². The first kappa shape index (κ1) is 10.3. The van der Waals surface area contributed by atoms with Crippen molar-refractivity contribution >= 4 is 12.8 Å². The molecule has 1 atom stereocenters. The lowest BCUT2D eigenvalue weighted by molar-refractivity contribution is 0.246. The molecular formula is C7H18N2S. The molecule has 0 heterocycles. The molecule has 0 radical (unpaired) electrons. The van der Waals surface area contributed by atoms with E-state index in [4.69, 9.17) is 0 Å². The van der Waals surface area contributed by atoms with Gasteiger partial charge < -0.3 is 4.90 Å². The van der Waals surface area contributed by atoms with Crippen molar-refractivity contribution in [2.24, 2.45) is 0 Å². The number of nitrogens with zero attached hydrogens (tertiary/aromatic N) is 2. The van der Waals surface area contributed by atoms with Crippen LogP contribution in [0, 0.1) is 0 Å². The molecule has 0 aliphatic rings. The van der Waals surface area contributed by atoms with Crippen LogP contribution >= 0.6 is 12.8 Å². The van der Waals surface area contributed by atoms with E-state index in [9.17, 15) is 0 Å². The quantitative estimate of drug-likeness (QED) is 0.619. The van der Waals surface area contributed by atoms with Gasteiger partial charge in [-0.1, -0.05) is 19.7 Å². The zero-order chi connectivity index (χ0) is 8.15. The first-order valence-corrected chi connectivity index (χ1v) is 4.08. The van der Waals surface area contributed by atoms with Gasteiger partial charge in [0.15, 0.2) is 0 Å². The van der Waals surface area contributed by atoms with E-state index >= 15 is 0 Å². The van der Waals surface area contributed by atoms with Crippen LogP contribution < -0.4 is 0 Å². The summed E-state index contributed by atoms with van der Waals surface area (Å²) in [6.07, 6.45) is 0. The van der Waals surface area contributed by atoms with Crippen LogP contribution in [0.3, 0.4) is 0 Å². The van der Waals surface area contributed by atoms with E-state index in [1.807, 2.05) is 11.4 Å². The maximum Gasteiger partial charge on any atom is 0.0237 e. The number of thiol groups is 1. The molecule has 62 valence electrons. The standard InChI is InChI=1S/C7H18N2S/c1-5-8(3)7(2)6-9(4)10/h7,10H,5-6H2,1-4H3. The third-order valence-electron chi connectivity index (χ3n) is 1.78. The molecule has 0 amide bonds. The van der Waals surface area contributed by atoms with E-state index in [1.54, 1.807) is 0 Å². The molecule has 0 spiro atoms.